The molecule has 0 bridgehead atoms. The Balaban J connectivity index is 2.18. The summed E-state index contributed by atoms with van der Waals surface area (Å²) in [6.07, 6.45) is 0.948. The normalized spacial score (nSPS) is 20.2. The summed E-state index contributed by atoms with van der Waals surface area (Å²) < 4.78 is 5.18. The Bertz CT molecular complexity index is 363. The van der Waals surface area contributed by atoms with Gasteiger partial charge in [-0.25, -0.2) is 0 Å². The molecule has 2 rings (SSSR count). The van der Waals surface area contributed by atoms with Gasteiger partial charge in [-0.3, -0.25) is 0 Å². The van der Waals surface area contributed by atoms with Crippen molar-refractivity contribution in [3.8, 4) is 0 Å². The predicted molar refractivity (Wildman–Crippen MR) is 64.8 cm³/mol. The second-order valence-electron chi connectivity index (χ2n) is 4.84. The van der Waals surface area contributed by atoms with Crippen molar-refractivity contribution in [3.63, 3.8) is 0 Å². The fourth-order valence-electron chi connectivity index (χ4n) is 2.18. The molecule has 0 spiro atoms. The maximum Gasteiger partial charge on any atom is 0.0525 e. The second kappa shape index (κ2) is 4.74. The summed E-state index contributed by atoms with van der Waals surface area (Å²) in [5.74, 6) is 0.566. The van der Waals surface area contributed by atoms with E-state index >= 15 is 0 Å². The average molecular weight is 241 g/mol. The van der Waals surface area contributed by atoms with E-state index in [0.29, 0.717) is 5.92 Å². The van der Waals surface area contributed by atoms with Crippen LogP contribution in [0.2, 0.25) is 5.02 Å². The largest absolute Gasteiger partial charge is 0.395 e. The fraction of sp³-hybridized carbons (Fsp3) is 0.538. The van der Waals surface area contributed by atoms with Crippen molar-refractivity contribution in [2.24, 2.45) is 5.92 Å². The summed E-state index contributed by atoms with van der Waals surface area (Å²) in [7, 11) is 0. The van der Waals surface area contributed by atoms with Crippen LogP contribution >= 0.6 is 11.6 Å². The van der Waals surface area contributed by atoms with Crippen molar-refractivity contribution in [2.75, 3.05) is 19.8 Å². The Labute approximate surface area is 101 Å². The van der Waals surface area contributed by atoms with E-state index in [2.05, 4.69) is 6.92 Å². The smallest absolute Gasteiger partial charge is 0.0525 e. The number of benzene rings is 1. The Kier molecular flexibility index (Phi) is 3.53. The number of rotatable bonds is 4. The first-order valence-corrected chi connectivity index (χ1v) is 5.96. The molecule has 1 fully saturated rings. The zero-order chi connectivity index (χ0) is 11.6. The quantitative estimate of drug-likeness (QED) is 0.877. The maximum atomic E-state index is 9.61. The highest BCUT2D eigenvalue weighted by Crippen LogP contribution is 2.34. The van der Waals surface area contributed by atoms with Crippen LogP contribution in [0.25, 0.3) is 0 Å². The molecule has 1 aliphatic rings. The lowest BCUT2D eigenvalue weighted by Crippen LogP contribution is -2.37. The number of aliphatic hydroxyl groups excluding tert-OH is 1. The zero-order valence-electron chi connectivity index (χ0n) is 9.45. The van der Waals surface area contributed by atoms with Crippen LogP contribution in [0.5, 0.6) is 0 Å². The van der Waals surface area contributed by atoms with Crippen molar-refractivity contribution >= 4 is 11.6 Å². The molecule has 3 heteroatoms. The molecule has 1 heterocycles. The first-order valence-electron chi connectivity index (χ1n) is 5.59. The lowest BCUT2D eigenvalue weighted by molar-refractivity contribution is -0.0485. The van der Waals surface area contributed by atoms with Crippen molar-refractivity contribution in [3.05, 3.63) is 34.9 Å². The highest BCUT2D eigenvalue weighted by atomic mass is 35.5. The highest BCUT2D eigenvalue weighted by molar-refractivity contribution is 6.30. The van der Waals surface area contributed by atoms with Gasteiger partial charge in [0.2, 0.25) is 0 Å². The van der Waals surface area contributed by atoms with E-state index in [0.717, 1.165) is 30.2 Å². The lowest BCUT2D eigenvalue weighted by atomic mass is 9.75. The topological polar surface area (TPSA) is 29.5 Å². The van der Waals surface area contributed by atoms with Crippen molar-refractivity contribution in [2.45, 2.75) is 18.8 Å². The number of aliphatic hydroxyl groups is 1. The van der Waals surface area contributed by atoms with E-state index in [1.165, 1.54) is 0 Å². The maximum absolute atomic E-state index is 9.61. The third-order valence-corrected chi connectivity index (χ3v) is 3.55. The van der Waals surface area contributed by atoms with Gasteiger partial charge in [0, 0.05) is 16.4 Å². The molecule has 16 heavy (non-hydrogen) atoms. The molecule has 2 nitrogen and oxygen atoms in total. The van der Waals surface area contributed by atoms with Crippen LogP contribution in [-0.4, -0.2) is 24.9 Å². The minimum atomic E-state index is -0.209. The number of ether oxygens (including phenoxy) is 1. The standard InChI is InChI=1S/C13H17ClO2/c1-13(9-15,6-10-7-16-8-10)11-3-2-4-12(14)5-11/h2-5,10,15H,6-9H2,1H3. The zero-order valence-corrected chi connectivity index (χ0v) is 10.2. The van der Waals surface area contributed by atoms with Crippen molar-refractivity contribution < 1.29 is 9.84 Å². The SMILES string of the molecule is CC(CO)(CC1COC1)c1cccc(Cl)c1. The van der Waals surface area contributed by atoms with Gasteiger partial charge >= 0.3 is 0 Å². The van der Waals surface area contributed by atoms with Crippen LogP contribution in [0.15, 0.2) is 24.3 Å². The van der Waals surface area contributed by atoms with Gasteiger partial charge in [-0.1, -0.05) is 30.7 Å². The lowest BCUT2D eigenvalue weighted by Gasteiger charge is -2.36. The third kappa shape index (κ3) is 2.40. The van der Waals surface area contributed by atoms with Gasteiger partial charge in [-0.05, 0) is 24.1 Å². The van der Waals surface area contributed by atoms with E-state index in [-0.39, 0.29) is 12.0 Å². The highest BCUT2D eigenvalue weighted by Gasteiger charge is 2.32. The van der Waals surface area contributed by atoms with Gasteiger partial charge in [0.25, 0.3) is 0 Å². The van der Waals surface area contributed by atoms with E-state index < -0.39 is 0 Å². The Hall–Kier alpha value is -0.570. The van der Waals surface area contributed by atoms with Crippen LogP contribution in [0, 0.1) is 5.92 Å². The van der Waals surface area contributed by atoms with Gasteiger partial charge in [0.15, 0.2) is 0 Å². The molecule has 1 unspecified atom stereocenters. The van der Waals surface area contributed by atoms with Crippen molar-refractivity contribution in [1.29, 1.82) is 0 Å². The molecule has 1 aromatic carbocycles. The molecular formula is C13H17ClO2. The van der Waals surface area contributed by atoms with Gasteiger partial charge in [0.05, 0.1) is 19.8 Å². The summed E-state index contributed by atoms with van der Waals surface area (Å²) in [4.78, 5) is 0. The van der Waals surface area contributed by atoms with E-state index in [1.807, 2.05) is 24.3 Å². The molecule has 0 saturated carbocycles. The monoisotopic (exact) mass is 240 g/mol. The van der Waals surface area contributed by atoms with Crippen molar-refractivity contribution in [1.82, 2.24) is 0 Å². The van der Waals surface area contributed by atoms with E-state index in [1.54, 1.807) is 0 Å². The first-order chi connectivity index (χ1) is 7.64. The Morgan fingerprint density at radius 3 is 2.75 bits per heavy atom. The molecule has 0 amide bonds. The number of halogens is 1. The Morgan fingerprint density at radius 1 is 1.50 bits per heavy atom. The average Bonchev–Trinajstić information content (AvgIpc) is 2.23. The third-order valence-electron chi connectivity index (χ3n) is 3.32. The molecule has 1 N–H and O–H groups in total. The van der Waals surface area contributed by atoms with Crippen LogP contribution in [0.4, 0.5) is 0 Å². The van der Waals surface area contributed by atoms with Gasteiger partial charge in [-0.2, -0.15) is 0 Å². The molecule has 0 radical (unpaired) electrons. The molecule has 1 atom stereocenters. The first kappa shape index (κ1) is 11.9. The van der Waals surface area contributed by atoms with Gasteiger partial charge < -0.3 is 9.84 Å². The predicted octanol–water partition coefficient (Wildman–Crippen LogP) is 2.63. The van der Waals surface area contributed by atoms with Gasteiger partial charge in [0.1, 0.15) is 0 Å². The van der Waals surface area contributed by atoms with Crippen LogP contribution < -0.4 is 0 Å². The van der Waals surface area contributed by atoms with E-state index in [4.69, 9.17) is 16.3 Å². The van der Waals surface area contributed by atoms with Crippen LogP contribution in [0.3, 0.4) is 0 Å². The van der Waals surface area contributed by atoms with Gasteiger partial charge in [-0.15, -0.1) is 0 Å². The second-order valence-corrected chi connectivity index (χ2v) is 5.27. The molecule has 88 valence electrons. The molecule has 1 aromatic rings. The minimum Gasteiger partial charge on any atom is -0.395 e. The number of hydrogen-bond donors (Lipinski definition) is 1. The number of hydrogen-bond acceptors (Lipinski definition) is 2. The molecule has 1 aliphatic heterocycles. The summed E-state index contributed by atoms with van der Waals surface area (Å²) in [5.41, 5.74) is 0.897. The molecule has 0 aliphatic carbocycles. The Morgan fingerprint density at radius 2 is 2.25 bits per heavy atom. The summed E-state index contributed by atoms with van der Waals surface area (Å²) in [6, 6.07) is 7.76. The molecule has 0 aromatic heterocycles. The minimum absolute atomic E-state index is 0.143. The van der Waals surface area contributed by atoms with Crippen LogP contribution in [-0.2, 0) is 10.2 Å². The van der Waals surface area contributed by atoms with Crippen LogP contribution in [0.1, 0.15) is 18.9 Å². The molecule has 1 saturated heterocycles. The summed E-state index contributed by atoms with van der Waals surface area (Å²) in [5, 5.41) is 10.3. The summed E-state index contributed by atoms with van der Waals surface area (Å²) in [6.45, 7) is 3.85. The molecular weight excluding hydrogens is 224 g/mol. The van der Waals surface area contributed by atoms with E-state index in [9.17, 15) is 5.11 Å². The summed E-state index contributed by atoms with van der Waals surface area (Å²) >= 11 is 5.99. The fourth-order valence-corrected chi connectivity index (χ4v) is 2.37.